The van der Waals surface area contributed by atoms with Crippen LogP contribution in [0, 0.1) is 6.92 Å². The first kappa shape index (κ1) is 13.9. The molecule has 2 aromatic rings. The van der Waals surface area contributed by atoms with Crippen molar-refractivity contribution in [3.8, 4) is 0 Å². The minimum atomic E-state index is -0.567. The molecule has 0 aliphatic carbocycles. The lowest BCUT2D eigenvalue weighted by molar-refractivity contribution is 0.174. The molecule has 5 heteroatoms. The van der Waals surface area contributed by atoms with Crippen LogP contribution in [-0.2, 0) is 6.54 Å². The third-order valence-electron chi connectivity index (χ3n) is 2.71. The van der Waals surface area contributed by atoms with Gasteiger partial charge in [0.1, 0.15) is 5.82 Å². The van der Waals surface area contributed by atoms with Crippen molar-refractivity contribution >= 4 is 11.6 Å². The summed E-state index contributed by atoms with van der Waals surface area (Å²) in [6.45, 7) is 2.92. The molecule has 0 saturated heterocycles. The van der Waals surface area contributed by atoms with E-state index in [4.69, 9.17) is 11.6 Å². The van der Waals surface area contributed by atoms with E-state index in [1.807, 2.05) is 19.1 Å². The Bertz CT molecular complexity index is 513. The van der Waals surface area contributed by atoms with Crippen molar-refractivity contribution < 1.29 is 5.11 Å². The van der Waals surface area contributed by atoms with Crippen LogP contribution in [0.2, 0.25) is 5.02 Å². The first-order valence-electron chi connectivity index (χ1n) is 6.07. The highest BCUT2D eigenvalue weighted by Gasteiger charge is 2.07. The number of nitrogens with one attached hydrogen (secondary N) is 1. The molecule has 0 bridgehead atoms. The Hall–Kier alpha value is -1.49. The molecule has 0 aliphatic rings. The lowest BCUT2D eigenvalue weighted by atomic mass is 10.1. The molecule has 0 amide bonds. The van der Waals surface area contributed by atoms with Crippen LogP contribution in [0.1, 0.15) is 23.1 Å². The van der Waals surface area contributed by atoms with Crippen LogP contribution in [0.25, 0.3) is 0 Å². The molecule has 0 radical (unpaired) electrons. The molecule has 2 N–H and O–H groups in total. The predicted octanol–water partition coefficient (Wildman–Crippen LogP) is 2.26. The van der Waals surface area contributed by atoms with Gasteiger partial charge in [-0.05, 0) is 30.2 Å². The van der Waals surface area contributed by atoms with Gasteiger partial charge >= 0.3 is 0 Å². The van der Waals surface area contributed by atoms with E-state index in [0.717, 1.165) is 11.1 Å². The Kier molecular flexibility index (Phi) is 4.85. The average Bonchev–Trinajstić information content (AvgIpc) is 2.41. The van der Waals surface area contributed by atoms with Gasteiger partial charge < -0.3 is 10.4 Å². The second-order valence-corrected chi connectivity index (χ2v) is 4.81. The maximum absolute atomic E-state index is 9.99. The standard InChI is InChI=1S/C14H16ClN3O/c1-10-6-17-14(18-7-10)9-16-8-13(19)11-2-4-12(15)5-3-11/h2-7,13,16,19H,8-9H2,1H3/t13-/m0/s1. The van der Waals surface area contributed by atoms with E-state index >= 15 is 0 Å². The monoisotopic (exact) mass is 277 g/mol. The SMILES string of the molecule is Cc1cnc(CNC[C@H](O)c2ccc(Cl)cc2)nc1. The Morgan fingerprint density at radius 3 is 2.47 bits per heavy atom. The zero-order chi connectivity index (χ0) is 13.7. The predicted molar refractivity (Wildman–Crippen MR) is 74.9 cm³/mol. The van der Waals surface area contributed by atoms with Gasteiger partial charge in [-0.1, -0.05) is 23.7 Å². The van der Waals surface area contributed by atoms with Crippen molar-refractivity contribution in [2.45, 2.75) is 19.6 Å². The van der Waals surface area contributed by atoms with Gasteiger partial charge in [-0.2, -0.15) is 0 Å². The van der Waals surface area contributed by atoms with Crippen LogP contribution in [0.5, 0.6) is 0 Å². The molecule has 4 nitrogen and oxygen atoms in total. The number of aliphatic hydroxyl groups excluding tert-OH is 1. The fraction of sp³-hybridized carbons (Fsp3) is 0.286. The van der Waals surface area contributed by atoms with Gasteiger partial charge in [0, 0.05) is 24.0 Å². The van der Waals surface area contributed by atoms with Crippen LogP contribution in [0.3, 0.4) is 0 Å². The zero-order valence-electron chi connectivity index (χ0n) is 10.7. The van der Waals surface area contributed by atoms with Gasteiger partial charge in [0.25, 0.3) is 0 Å². The van der Waals surface area contributed by atoms with E-state index in [-0.39, 0.29) is 0 Å². The topological polar surface area (TPSA) is 58.0 Å². The summed E-state index contributed by atoms with van der Waals surface area (Å²) >= 11 is 5.80. The molecule has 0 spiro atoms. The number of aliphatic hydroxyl groups is 1. The molecular formula is C14H16ClN3O. The minimum Gasteiger partial charge on any atom is -0.387 e. The largest absolute Gasteiger partial charge is 0.387 e. The van der Waals surface area contributed by atoms with Gasteiger partial charge in [-0.3, -0.25) is 0 Å². The molecule has 0 saturated carbocycles. The highest BCUT2D eigenvalue weighted by Crippen LogP contribution is 2.15. The fourth-order valence-electron chi connectivity index (χ4n) is 1.63. The van der Waals surface area contributed by atoms with Crippen LogP contribution in [0.4, 0.5) is 0 Å². The van der Waals surface area contributed by atoms with Gasteiger partial charge in [-0.25, -0.2) is 9.97 Å². The second-order valence-electron chi connectivity index (χ2n) is 4.37. The van der Waals surface area contributed by atoms with Crippen molar-refractivity contribution in [2.75, 3.05) is 6.54 Å². The summed E-state index contributed by atoms with van der Waals surface area (Å²) in [6, 6.07) is 7.17. The maximum atomic E-state index is 9.99. The van der Waals surface area contributed by atoms with Crippen molar-refractivity contribution in [1.82, 2.24) is 15.3 Å². The number of hydrogen-bond donors (Lipinski definition) is 2. The Labute approximate surface area is 117 Å². The molecule has 0 fully saturated rings. The molecule has 100 valence electrons. The smallest absolute Gasteiger partial charge is 0.141 e. The molecule has 1 aromatic heterocycles. The van der Waals surface area contributed by atoms with Gasteiger partial charge in [0.05, 0.1) is 12.6 Å². The summed E-state index contributed by atoms with van der Waals surface area (Å²) in [4.78, 5) is 8.37. The molecule has 1 heterocycles. The van der Waals surface area contributed by atoms with Crippen LogP contribution >= 0.6 is 11.6 Å². The molecule has 1 atom stereocenters. The van der Waals surface area contributed by atoms with E-state index in [0.29, 0.717) is 23.9 Å². The normalized spacial score (nSPS) is 12.4. The lowest BCUT2D eigenvalue weighted by Crippen LogP contribution is -2.22. The van der Waals surface area contributed by atoms with E-state index in [1.165, 1.54) is 0 Å². The quantitative estimate of drug-likeness (QED) is 0.880. The summed E-state index contributed by atoms with van der Waals surface area (Å²) in [5, 5.41) is 13.8. The number of benzene rings is 1. The van der Waals surface area contributed by atoms with Crippen molar-refractivity contribution in [3.05, 3.63) is 58.6 Å². The summed E-state index contributed by atoms with van der Waals surface area (Å²) < 4.78 is 0. The Balaban J connectivity index is 1.82. The number of aryl methyl sites for hydroxylation is 1. The first-order chi connectivity index (χ1) is 9.15. The Morgan fingerprint density at radius 2 is 1.84 bits per heavy atom. The van der Waals surface area contributed by atoms with Crippen LogP contribution in [0.15, 0.2) is 36.7 Å². The zero-order valence-corrected chi connectivity index (χ0v) is 11.4. The third kappa shape index (κ3) is 4.28. The van der Waals surface area contributed by atoms with Gasteiger partial charge in [-0.15, -0.1) is 0 Å². The van der Waals surface area contributed by atoms with E-state index in [1.54, 1.807) is 24.5 Å². The second kappa shape index (κ2) is 6.61. The van der Waals surface area contributed by atoms with Gasteiger partial charge in [0.15, 0.2) is 0 Å². The number of aromatic nitrogens is 2. The lowest BCUT2D eigenvalue weighted by Gasteiger charge is -2.11. The number of rotatable bonds is 5. The van der Waals surface area contributed by atoms with Gasteiger partial charge in [0.2, 0.25) is 0 Å². The molecular weight excluding hydrogens is 262 g/mol. The number of hydrogen-bond acceptors (Lipinski definition) is 4. The van der Waals surface area contributed by atoms with Crippen molar-refractivity contribution in [1.29, 1.82) is 0 Å². The minimum absolute atomic E-state index is 0.443. The van der Waals surface area contributed by atoms with E-state index < -0.39 is 6.10 Å². The maximum Gasteiger partial charge on any atom is 0.141 e. The Morgan fingerprint density at radius 1 is 1.21 bits per heavy atom. The van der Waals surface area contributed by atoms with Crippen LogP contribution in [-0.4, -0.2) is 21.6 Å². The highest BCUT2D eigenvalue weighted by atomic mass is 35.5. The average molecular weight is 278 g/mol. The summed E-state index contributed by atoms with van der Waals surface area (Å²) in [5.74, 6) is 0.717. The van der Waals surface area contributed by atoms with E-state index in [2.05, 4.69) is 15.3 Å². The number of halogens is 1. The molecule has 19 heavy (non-hydrogen) atoms. The summed E-state index contributed by atoms with van der Waals surface area (Å²) in [7, 11) is 0. The van der Waals surface area contributed by atoms with Crippen molar-refractivity contribution in [3.63, 3.8) is 0 Å². The highest BCUT2D eigenvalue weighted by molar-refractivity contribution is 6.30. The molecule has 1 aromatic carbocycles. The molecule has 2 rings (SSSR count). The molecule has 0 aliphatic heterocycles. The van der Waals surface area contributed by atoms with E-state index in [9.17, 15) is 5.11 Å². The third-order valence-corrected chi connectivity index (χ3v) is 2.96. The molecule has 0 unspecified atom stereocenters. The van der Waals surface area contributed by atoms with Crippen molar-refractivity contribution in [2.24, 2.45) is 0 Å². The van der Waals surface area contributed by atoms with Crippen LogP contribution < -0.4 is 5.32 Å². The fourth-order valence-corrected chi connectivity index (χ4v) is 1.76. The summed E-state index contributed by atoms with van der Waals surface area (Å²) in [5.41, 5.74) is 1.87. The summed E-state index contributed by atoms with van der Waals surface area (Å²) in [6.07, 6.45) is 2.99. The number of nitrogens with zero attached hydrogens (tertiary/aromatic N) is 2. The first-order valence-corrected chi connectivity index (χ1v) is 6.45.